The SMILES string of the molecule is C=C1C(=O)OC2c3ccccc3CC12. The summed E-state index contributed by atoms with van der Waals surface area (Å²) in [5, 5.41) is 0. The van der Waals surface area contributed by atoms with E-state index in [1.54, 1.807) is 0 Å². The lowest BCUT2D eigenvalue weighted by atomic mass is 9.98. The van der Waals surface area contributed by atoms with Crippen molar-refractivity contribution in [2.24, 2.45) is 5.92 Å². The van der Waals surface area contributed by atoms with Crippen molar-refractivity contribution in [1.82, 2.24) is 0 Å². The molecule has 1 heterocycles. The van der Waals surface area contributed by atoms with Crippen LogP contribution in [0.25, 0.3) is 0 Å². The predicted molar refractivity (Wildman–Crippen MR) is 51.6 cm³/mol. The molecule has 1 aliphatic carbocycles. The first-order valence-electron chi connectivity index (χ1n) is 4.75. The molecule has 2 unspecified atom stereocenters. The molecule has 70 valence electrons. The molecule has 0 aromatic heterocycles. The lowest BCUT2D eigenvalue weighted by molar-refractivity contribution is -0.139. The summed E-state index contributed by atoms with van der Waals surface area (Å²) in [5.74, 6) is -0.0468. The fraction of sp³-hybridized carbons (Fsp3) is 0.250. The first kappa shape index (κ1) is 7.80. The van der Waals surface area contributed by atoms with Gasteiger partial charge in [-0.15, -0.1) is 0 Å². The van der Waals surface area contributed by atoms with Gasteiger partial charge in [0.25, 0.3) is 0 Å². The second kappa shape index (κ2) is 2.47. The zero-order valence-corrected chi connectivity index (χ0v) is 7.69. The first-order chi connectivity index (χ1) is 6.77. The normalized spacial score (nSPS) is 28.6. The number of rotatable bonds is 0. The molecule has 2 atom stereocenters. The number of esters is 1. The summed E-state index contributed by atoms with van der Waals surface area (Å²) in [7, 11) is 0. The second-order valence-electron chi connectivity index (χ2n) is 3.86. The zero-order valence-electron chi connectivity index (χ0n) is 7.69. The molecule has 2 heteroatoms. The maximum absolute atomic E-state index is 11.3. The molecule has 3 rings (SSSR count). The summed E-state index contributed by atoms with van der Waals surface area (Å²) in [5.41, 5.74) is 3.08. The predicted octanol–water partition coefficient (Wildman–Crippen LogP) is 2.01. The van der Waals surface area contributed by atoms with Crippen molar-refractivity contribution < 1.29 is 9.53 Å². The summed E-state index contributed by atoms with van der Waals surface area (Å²) >= 11 is 0. The summed E-state index contributed by atoms with van der Waals surface area (Å²) in [6.45, 7) is 3.79. The van der Waals surface area contributed by atoms with E-state index < -0.39 is 0 Å². The Morgan fingerprint density at radius 2 is 2.14 bits per heavy atom. The molecule has 2 aliphatic rings. The maximum atomic E-state index is 11.3. The molecular formula is C12H10O2. The van der Waals surface area contributed by atoms with Gasteiger partial charge in [0.05, 0.1) is 0 Å². The standard InChI is InChI=1S/C12H10O2/c1-7-10-6-8-4-2-3-5-9(8)11(10)14-12(7)13/h2-5,10-11H,1,6H2. The lowest BCUT2D eigenvalue weighted by Gasteiger charge is -2.07. The van der Waals surface area contributed by atoms with Crippen LogP contribution in [-0.4, -0.2) is 5.97 Å². The Bertz CT molecular complexity index is 434. The molecule has 0 spiro atoms. The highest BCUT2D eigenvalue weighted by molar-refractivity contribution is 5.91. The Balaban J connectivity index is 2.10. The highest BCUT2D eigenvalue weighted by atomic mass is 16.6. The van der Waals surface area contributed by atoms with Crippen molar-refractivity contribution in [1.29, 1.82) is 0 Å². The molecule has 0 radical (unpaired) electrons. The number of ether oxygens (including phenoxy) is 1. The van der Waals surface area contributed by atoms with E-state index in [9.17, 15) is 4.79 Å². The van der Waals surface area contributed by atoms with E-state index in [2.05, 4.69) is 12.6 Å². The van der Waals surface area contributed by atoms with Crippen molar-refractivity contribution in [3.8, 4) is 0 Å². The van der Waals surface area contributed by atoms with Gasteiger partial charge in [-0.3, -0.25) is 0 Å². The van der Waals surface area contributed by atoms with Gasteiger partial charge in [-0.05, 0) is 17.5 Å². The number of carbonyl (C=O) groups is 1. The highest BCUT2D eigenvalue weighted by Gasteiger charge is 2.44. The van der Waals surface area contributed by atoms with Gasteiger partial charge in [-0.1, -0.05) is 30.8 Å². The molecule has 14 heavy (non-hydrogen) atoms. The van der Waals surface area contributed by atoms with E-state index in [4.69, 9.17) is 4.74 Å². The van der Waals surface area contributed by atoms with Gasteiger partial charge in [0.1, 0.15) is 6.10 Å². The molecule has 1 aliphatic heterocycles. The number of benzene rings is 1. The topological polar surface area (TPSA) is 26.3 Å². The highest BCUT2D eigenvalue weighted by Crippen LogP contribution is 2.46. The Morgan fingerprint density at radius 3 is 3.00 bits per heavy atom. The summed E-state index contributed by atoms with van der Waals surface area (Å²) in [6.07, 6.45) is 0.831. The van der Waals surface area contributed by atoms with Crippen LogP contribution in [0.2, 0.25) is 0 Å². The molecule has 1 aromatic rings. The van der Waals surface area contributed by atoms with E-state index in [0.29, 0.717) is 5.57 Å². The van der Waals surface area contributed by atoms with Crippen LogP contribution in [-0.2, 0) is 16.0 Å². The van der Waals surface area contributed by atoms with Gasteiger partial charge < -0.3 is 4.74 Å². The minimum absolute atomic E-state index is 0.0637. The Morgan fingerprint density at radius 1 is 1.36 bits per heavy atom. The van der Waals surface area contributed by atoms with Crippen molar-refractivity contribution >= 4 is 5.97 Å². The molecule has 2 nitrogen and oxygen atoms in total. The van der Waals surface area contributed by atoms with Crippen LogP contribution in [0.4, 0.5) is 0 Å². The third-order valence-corrected chi connectivity index (χ3v) is 3.11. The monoisotopic (exact) mass is 186 g/mol. The van der Waals surface area contributed by atoms with Gasteiger partial charge in [0.2, 0.25) is 0 Å². The van der Waals surface area contributed by atoms with Crippen LogP contribution in [0.15, 0.2) is 36.4 Å². The van der Waals surface area contributed by atoms with E-state index in [1.807, 2.05) is 18.2 Å². The first-order valence-corrected chi connectivity index (χ1v) is 4.75. The Labute approximate surface area is 82.2 Å². The largest absolute Gasteiger partial charge is 0.453 e. The van der Waals surface area contributed by atoms with Gasteiger partial charge in [0, 0.05) is 11.5 Å². The second-order valence-corrected chi connectivity index (χ2v) is 3.86. The molecule has 1 aromatic carbocycles. The minimum atomic E-state index is -0.227. The van der Waals surface area contributed by atoms with Gasteiger partial charge in [-0.2, -0.15) is 0 Å². The number of hydrogen-bond donors (Lipinski definition) is 0. The van der Waals surface area contributed by atoms with Gasteiger partial charge >= 0.3 is 5.97 Å². The number of fused-ring (bicyclic) bond motifs is 3. The third-order valence-electron chi connectivity index (χ3n) is 3.11. The molecular weight excluding hydrogens is 176 g/mol. The van der Waals surface area contributed by atoms with Crippen molar-refractivity contribution in [2.75, 3.05) is 0 Å². The summed E-state index contributed by atoms with van der Waals surface area (Å²) in [6, 6.07) is 8.13. The summed E-state index contributed by atoms with van der Waals surface area (Å²) < 4.78 is 5.29. The minimum Gasteiger partial charge on any atom is -0.453 e. The van der Waals surface area contributed by atoms with Crippen LogP contribution in [0.1, 0.15) is 17.2 Å². The molecule has 1 saturated heterocycles. The molecule has 1 fully saturated rings. The summed E-state index contributed by atoms with van der Waals surface area (Å²) in [4.78, 5) is 11.3. The van der Waals surface area contributed by atoms with E-state index >= 15 is 0 Å². The zero-order chi connectivity index (χ0) is 9.71. The fourth-order valence-electron chi connectivity index (χ4n) is 2.35. The molecule has 0 N–H and O–H groups in total. The smallest absolute Gasteiger partial charge is 0.334 e. The van der Waals surface area contributed by atoms with Crippen LogP contribution < -0.4 is 0 Å². The quantitative estimate of drug-likeness (QED) is 0.457. The average molecular weight is 186 g/mol. The van der Waals surface area contributed by atoms with Crippen molar-refractivity contribution in [3.05, 3.63) is 47.5 Å². The van der Waals surface area contributed by atoms with Crippen molar-refractivity contribution in [3.63, 3.8) is 0 Å². The van der Waals surface area contributed by atoms with Gasteiger partial charge in [0.15, 0.2) is 0 Å². The van der Waals surface area contributed by atoms with Gasteiger partial charge in [-0.25, -0.2) is 4.79 Å². The van der Waals surface area contributed by atoms with E-state index in [0.717, 1.165) is 12.0 Å². The number of carbonyl (C=O) groups excluding carboxylic acids is 1. The van der Waals surface area contributed by atoms with Crippen molar-refractivity contribution in [2.45, 2.75) is 12.5 Å². The van der Waals surface area contributed by atoms with E-state index in [-0.39, 0.29) is 18.0 Å². The molecule has 0 amide bonds. The Kier molecular flexibility index (Phi) is 1.38. The van der Waals surface area contributed by atoms with Crippen LogP contribution in [0.5, 0.6) is 0 Å². The molecule has 0 saturated carbocycles. The lowest BCUT2D eigenvalue weighted by Crippen LogP contribution is -2.01. The fourth-order valence-corrected chi connectivity index (χ4v) is 2.35. The number of hydrogen-bond acceptors (Lipinski definition) is 2. The van der Waals surface area contributed by atoms with E-state index in [1.165, 1.54) is 5.56 Å². The maximum Gasteiger partial charge on any atom is 0.334 e. The average Bonchev–Trinajstić information content (AvgIpc) is 2.67. The third kappa shape index (κ3) is 0.830. The molecule has 0 bridgehead atoms. The van der Waals surface area contributed by atoms with Crippen LogP contribution in [0, 0.1) is 5.92 Å². The van der Waals surface area contributed by atoms with Crippen LogP contribution >= 0.6 is 0 Å². The van der Waals surface area contributed by atoms with Crippen LogP contribution in [0.3, 0.4) is 0 Å². The Hall–Kier alpha value is -1.57.